The fraction of sp³-hybridized carbons (Fsp3) is 0.692. The fourth-order valence-corrected chi connectivity index (χ4v) is 2.20. The second-order valence-corrected chi connectivity index (χ2v) is 6.64. The number of rotatable bonds is 6. The molecule has 0 aliphatic heterocycles. The number of nitrogens with two attached hydrogens (primary N) is 1. The lowest BCUT2D eigenvalue weighted by atomic mass is 10.1. The van der Waals surface area contributed by atoms with Crippen LogP contribution >= 0.6 is 11.5 Å². The Labute approximate surface area is 124 Å². The third-order valence-corrected chi connectivity index (χ3v) is 2.98. The second-order valence-electron chi connectivity index (χ2n) is 5.87. The van der Waals surface area contributed by atoms with Gasteiger partial charge in [0.15, 0.2) is 16.6 Å². The lowest BCUT2D eigenvalue weighted by Gasteiger charge is -2.20. The van der Waals surface area contributed by atoms with E-state index in [1.165, 1.54) is 11.5 Å². The molecular formula is C13H24N4O2S. The van der Waals surface area contributed by atoms with Crippen LogP contribution in [0.2, 0.25) is 0 Å². The number of aromatic nitrogens is 1. The van der Waals surface area contributed by atoms with Gasteiger partial charge in [0.1, 0.15) is 0 Å². The SMILES string of the molecule is CC(C)Oc1c(N)nsc1NCCC(=O)NC(C)(C)C. The van der Waals surface area contributed by atoms with Crippen LogP contribution in [-0.2, 0) is 4.79 Å². The lowest BCUT2D eigenvalue weighted by molar-refractivity contribution is -0.122. The van der Waals surface area contributed by atoms with Gasteiger partial charge in [-0.2, -0.15) is 4.37 Å². The molecule has 1 aromatic heterocycles. The smallest absolute Gasteiger partial charge is 0.222 e. The van der Waals surface area contributed by atoms with Gasteiger partial charge in [0.25, 0.3) is 0 Å². The van der Waals surface area contributed by atoms with Gasteiger partial charge in [-0.1, -0.05) is 0 Å². The first-order chi connectivity index (χ1) is 9.19. The summed E-state index contributed by atoms with van der Waals surface area (Å²) in [6, 6.07) is 0. The normalized spacial score (nSPS) is 11.5. The van der Waals surface area contributed by atoms with Crippen molar-refractivity contribution >= 4 is 28.3 Å². The van der Waals surface area contributed by atoms with Crippen molar-refractivity contribution in [2.45, 2.75) is 52.7 Å². The summed E-state index contributed by atoms with van der Waals surface area (Å²) in [7, 11) is 0. The van der Waals surface area contributed by atoms with Gasteiger partial charge in [0.05, 0.1) is 6.10 Å². The highest BCUT2D eigenvalue weighted by Gasteiger charge is 2.16. The van der Waals surface area contributed by atoms with Crippen LogP contribution in [0, 0.1) is 0 Å². The Morgan fingerprint density at radius 3 is 2.65 bits per heavy atom. The van der Waals surface area contributed by atoms with Gasteiger partial charge in [-0.05, 0) is 46.2 Å². The first-order valence-electron chi connectivity index (χ1n) is 6.65. The largest absolute Gasteiger partial charge is 0.484 e. The number of nitrogen functional groups attached to an aromatic ring is 1. The number of anilines is 2. The van der Waals surface area contributed by atoms with Crippen LogP contribution in [0.5, 0.6) is 5.75 Å². The monoisotopic (exact) mass is 300 g/mol. The first kappa shape index (κ1) is 16.6. The number of carbonyl (C=O) groups excluding carboxylic acids is 1. The topological polar surface area (TPSA) is 89.3 Å². The minimum Gasteiger partial charge on any atom is -0.484 e. The average molecular weight is 300 g/mol. The van der Waals surface area contributed by atoms with E-state index in [4.69, 9.17) is 10.5 Å². The lowest BCUT2D eigenvalue weighted by Crippen LogP contribution is -2.41. The van der Waals surface area contributed by atoms with E-state index in [9.17, 15) is 4.79 Å². The zero-order valence-corrected chi connectivity index (χ0v) is 13.6. The summed E-state index contributed by atoms with van der Waals surface area (Å²) in [6.45, 7) is 10.2. The number of carbonyl (C=O) groups is 1. The highest BCUT2D eigenvalue weighted by atomic mass is 32.1. The van der Waals surface area contributed by atoms with Crippen LogP contribution < -0.4 is 21.1 Å². The molecule has 0 bridgehead atoms. The molecular weight excluding hydrogens is 276 g/mol. The first-order valence-corrected chi connectivity index (χ1v) is 7.43. The van der Waals surface area contributed by atoms with Gasteiger partial charge < -0.3 is 21.1 Å². The molecule has 0 aliphatic rings. The summed E-state index contributed by atoms with van der Waals surface area (Å²) in [6.07, 6.45) is 0.411. The summed E-state index contributed by atoms with van der Waals surface area (Å²) in [5, 5.41) is 6.82. The van der Waals surface area contributed by atoms with E-state index in [2.05, 4.69) is 15.0 Å². The average Bonchev–Trinajstić information content (AvgIpc) is 2.58. The van der Waals surface area contributed by atoms with E-state index in [-0.39, 0.29) is 17.6 Å². The summed E-state index contributed by atoms with van der Waals surface area (Å²) in [5.41, 5.74) is 5.55. The molecule has 0 aromatic carbocycles. The van der Waals surface area contributed by atoms with Crippen LogP contribution in [0.1, 0.15) is 41.0 Å². The number of ether oxygens (including phenoxy) is 1. The molecule has 0 saturated carbocycles. The Hall–Kier alpha value is -1.50. The molecule has 20 heavy (non-hydrogen) atoms. The van der Waals surface area contributed by atoms with Gasteiger partial charge in [0, 0.05) is 18.5 Å². The zero-order valence-electron chi connectivity index (χ0n) is 12.7. The molecule has 0 atom stereocenters. The molecule has 0 spiro atoms. The van der Waals surface area contributed by atoms with E-state index in [0.29, 0.717) is 24.5 Å². The summed E-state index contributed by atoms with van der Waals surface area (Å²) in [4.78, 5) is 11.7. The maximum atomic E-state index is 11.7. The third kappa shape index (κ3) is 5.64. The van der Waals surface area contributed by atoms with Gasteiger partial charge in [-0.15, -0.1) is 0 Å². The molecule has 0 unspecified atom stereocenters. The van der Waals surface area contributed by atoms with Crippen LogP contribution in [0.4, 0.5) is 10.8 Å². The summed E-state index contributed by atoms with van der Waals surface area (Å²) in [5.74, 6) is 0.959. The Morgan fingerprint density at radius 2 is 2.10 bits per heavy atom. The van der Waals surface area contributed by atoms with Crippen molar-refractivity contribution < 1.29 is 9.53 Å². The van der Waals surface area contributed by atoms with E-state index >= 15 is 0 Å². The van der Waals surface area contributed by atoms with E-state index < -0.39 is 0 Å². The summed E-state index contributed by atoms with van der Waals surface area (Å²) < 4.78 is 9.67. The van der Waals surface area contributed by atoms with Gasteiger partial charge >= 0.3 is 0 Å². The zero-order chi connectivity index (χ0) is 15.3. The molecule has 1 amide bonds. The fourth-order valence-electron chi connectivity index (χ4n) is 1.53. The molecule has 0 fully saturated rings. The molecule has 1 rings (SSSR count). The van der Waals surface area contributed by atoms with Crippen molar-refractivity contribution in [3.63, 3.8) is 0 Å². The molecule has 114 valence electrons. The second kappa shape index (κ2) is 6.78. The van der Waals surface area contributed by atoms with Crippen LogP contribution in [0.25, 0.3) is 0 Å². The number of hydrogen-bond acceptors (Lipinski definition) is 6. The number of nitrogens with one attached hydrogen (secondary N) is 2. The van der Waals surface area contributed by atoms with Crippen LogP contribution in [0.15, 0.2) is 0 Å². The highest BCUT2D eigenvalue weighted by molar-refractivity contribution is 7.11. The minimum atomic E-state index is -0.210. The third-order valence-electron chi connectivity index (χ3n) is 2.18. The maximum Gasteiger partial charge on any atom is 0.222 e. The summed E-state index contributed by atoms with van der Waals surface area (Å²) >= 11 is 1.24. The number of hydrogen-bond donors (Lipinski definition) is 3. The molecule has 0 saturated heterocycles. The van der Waals surface area contributed by atoms with Crippen molar-refractivity contribution in [3.05, 3.63) is 0 Å². The molecule has 1 aromatic rings. The Balaban J connectivity index is 2.48. The molecule has 4 N–H and O–H groups in total. The van der Waals surface area contributed by atoms with Crippen molar-refractivity contribution in [2.24, 2.45) is 0 Å². The van der Waals surface area contributed by atoms with Gasteiger partial charge in [-0.3, -0.25) is 4.79 Å². The Kier molecular flexibility index (Phi) is 5.62. The molecule has 0 aliphatic carbocycles. The maximum absolute atomic E-state index is 11.7. The van der Waals surface area contributed by atoms with Gasteiger partial charge in [-0.25, -0.2) is 0 Å². The van der Waals surface area contributed by atoms with E-state index in [0.717, 1.165) is 5.00 Å². The highest BCUT2D eigenvalue weighted by Crippen LogP contribution is 2.35. The van der Waals surface area contributed by atoms with E-state index in [1.54, 1.807) is 0 Å². The Bertz CT molecular complexity index is 452. The van der Waals surface area contributed by atoms with Crippen LogP contribution in [0.3, 0.4) is 0 Å². The molecule has 6 nitrogen and oxygen atoms in total. The van der Waals surface area contributed by atoms with Crippen LogP contribution in [-0.4, -0.2) is 28.5 Å². The van der Waals surface area contributed by atoms with Crippen molar-refractivity contribution in [2.75, 3.05) is 17.6 Å². The van der Waals surface area contributed by atoms with Gasteiger partial charge in [0.2, 0.25) is 5.91 Å². The quantitative estimate of drug-likeness (QED) is 0.749. The van der Waals surface area contributed by atoms with Crippen molar-refractivity contribution in [1.29, 1.82) is 0 Å². The van der Waals surface area contributed by atoms with Crippen molar-refractivity contribution in [1.82, 2.24) is 9.69 Å². The molecule has 7 heteroatoms. The minimum absolute atomic E-state index is 0.00816. The van der Waals surface area contributed by atoms with Crippen molar-refractivity contribution in [3.8, 4) is 5.75 Å². The predicted molar refractivity (Wildman–Crippen MR) is 83.3 cm³/mol. The number of nitrogens with zero attached hydrogens (tertiary/aromatic N) is 1. The standard InChI is InChI=1S/C13H24N4O2S/c1-8(2)19-10-11(14)17-20-12(10)15-7-6-9(18)16-13(3,4)5/h8,15H,6-7H2,1-5H3,(H2,14,17)(H,16,18). The molecule has 0 radical (unpaired) electrons. The van der Waals surface area contributed by atoms with E-state index in [1.807, 2.05) is 34.6 Å². The number of amides is 1. The Morgan fingerprint density at radius 1 is 1.45 bits per heavy atom. The predicted octanol–water partition coefficient (Wildman–Crippen LogP) is 2.23. The molecule has 1 heterocycles.